The fourth-order valence-electron chi connectivity index (χ4n) is 1.67. The van der Waals surface area contributed by atoms with Crippen LogP contribution in [0.2, 0.25) is 0 Å². The zero-order valence-electron chi connectivity index (χ0n) is 9.60. The van der Waals surface area contributed by atoms with Crippen molar-refractivity contribution in [3.8, 4) is 6.07 Å². The average Bonchev–Trinajstić information content (AvgIpc) is 2.61. The molecule has 0 amide bonds. The van der Waals surface area contributed by atoms with Gasteiger partial charge in [-0.15, -0.1) is 0 Å². The van der Waals surface area contributed by atoms with E-state index in [1.165, 1.54) is 0 Å². The van der Waals surface area contributed by atoms with E-state index >= 15 is 0 Å². The molecule has 0 N–H and O–H groups in total. The molecule has 2 aromatic heterocycles. The van der Waals surface area contributed by atoms with Gasteiger partial charge in [0, 0.05) is 0 Å². The lowest BCUT2D eigenvalue weighted by Gasteiger charge is -2.06. The van der Waals surface area contributed by atoms with Crippen molar-refractivity contribution < 1.29 is 0 Å². The molecule has 5 heteroatoms. The smallest absolute Gasteiger partial charge is 0.164 e. The van der Waals surface area contributed by atoms with Gasteiger partial charge in [0.2, 0.25) is 0 Å². The number of hydrogen-bond donors (Lipinski definition) is 0. The Balaban J connectivity index is 2.71. The van der Waals surface area contributed by atoms with Gasteiger partial charge in [-0.1, -0.05) is 13.8 Å². The quantitative estimate of drug-likeness (QED) is 0.765. The summed E-state index contributed by atoms with van der Waals surface area (Å²) in [5, 5.41) is 8.70. The summed E-state index contributed by atoms with van der Waals surface area (Å²) in [6.07, 6.45) is 1.65. The van der Waals surface area contributed by atoms with Gasteiger partial charge in [0.25, 0.3) is 0 Å². The molecule has 16 heavy (non-hydrogen) atoms. The van der Waals surface area contributed by atoms with E-state index in [1.54, 1.807) is 10.9 Å². The van der Waals surface area contributed by atoms with E-state index in [9.17, 15) is 0 Å². The molecular weight excluding hydrogens is 202 g/mol. The summed E-state index contributed by atoms with van der Waals surface area (Å²) in [5.74, 6) is 1.02. The number of aromatic nitrogens is 4. The predicted molar refractivity (Wildman–Crippen MR) is 59.8 cm³/mol. The summed E-state index contributed by atoms with van der Waals surface area (Å²) in [6, 6.07) is 2.09. The number of fused-ring (bicyclic) bond motifs is 1. The van der Waals surface area contributed by atoms with Crippen LogP contribution in [-0.4, -0.2) is 19.5 Å². The van der Waals surface area contributed by atoms with Crippen molar-refractivity contribution in [1.82, 2.24) is 19.5 Å². The molecule has 82 valence electrons. The molecule has 0 saturated carbocycles. The zero-order valence-corrected chi connectivity index (χ0v) is 9.60. The first-order chi connectivity index (χ1) is 7.63. The number of hydrogen-bond acceptors (Lipinski definition) is 4. The van der Waals surface area contributed by atoms with E-state index in [4.69, 9.17) is 5.26 Å². The molecule has 5 nitrogen and oxygen atoms in total. The molecule has 0 bridgehead atoms. The van der Waals surface area contributed by atoms with Crippen molar-refractivity contribution in [1.29, 1.82) is 5.26 Å². The minimum absolute atomic E-state index is 0.268. The first-order valence-electron chi connectivity index (χ1n) is 5.19. The molecule has 2 heterocycles. The van der Waals surface area contributed by atoms with Crippen molar-refractivity contribution in [3.05, 3.63) is 17.8 Å². The highest BCUT2D eigenvalue weighted by atomic mass is 15.1. The fraction of sp³-hybridized carbons (Fsp3) is 0.455. The first-order valence-corrected chi connectivity index (χ1v) is 5.19. The second-order valence-corrected chi connectivity index (χ2v) is 4.01. The van der Waals surface area contributed by atoms with Crippen LogP contribution < -0.4 is 0 Å². The summed E-state index contributed by atoms with van der Waals surface area (Å²) < 4.78 is 1.75. The van der Waals surface area contributed by atoms with Gasteiger partial charge >= 0.3 is 0 Å². The largest absolute Gasteiger partial charge is 0.301 e. The van der Waals surface area contributed by atoms with Crippen LogP contribution in [0.4, 0.5) is 0 Å². The molecule has 0 atom stereocenters. The van der Waals surface area contributed by atoms with E-state index in [2.05, 4.69) is 34.9 Å². The molecule has 0 aliphatic carbocycles. The maximum atomic E-state index is 8.70. The number of nitriles is 1. The summed E-state index contributed by atoms with van der Waals surface area (Å²) >= 11 is 0. The zero-order chi connectivity index (χ0) is 11.7. The molecule has 0 saturated heterocycles. The Hall–Kier alpha value is -1.96. The Morgan fingerprint density at radius 1 is 1.44 bits per heavy atom. The summed E-state index contributed by atoms with van der Waals surface area (Å²) in [4.78, 5) is 13.0. The molecule has 0 fully saturated rings. The van der Waals surface area contributed by atoms with Gasteiger partial charge < -0.3 is 4.57 Å². The highest BCUT2D eigenvalue weighted by Crippen LogP contribution is 2.21. The average molecular weight is 215 g/mol. The first kappa shape index (κ1) is 10.6. The third-order valence-electron chi connectivity index (χ3n) is 2.39. The maximum absolute atomic E-state index is 8.70. The number of nitrogens with zero attached hydrogens (tertiary/aromatic N) is 5. The van der Waals surface area contributed by atoms with Gasteiger partial charge in [0.1, 0.15) is 17.9 Å². The fourth-order valence-corrected chi connectivity index (χ4v) is 1.67. The summed E-state index contributed by atoms with van der Waals surface area (Å²) in [5.41, 5.74) is 2.49. The molecule has 2 rings (SSSR count). The molecular formula is C11H13N5. The highest BCUT2D eigenvalue weighted by Gasteiger charge is 2.13. The second-order valence-electron chi connectivity index (χ2n) is 4.01. The summed E-state index contributed by atoms with van der Waals surface area (Å²) in [7, 11) is 0. The predicted octanol–water partition coefficient (Wildman–Crippen LogP) is 1.78. The normalized spacial score (nSPS) is 10.9. The Bertz CT molecular complexity index is 561. The van der Waals surface area contributed by atoms with Gasteiger partial charge in [-0.25, -0.2) is 15.0 Å². The van der Waals surface area contributed by atoms with Crippen molar-refractivity contribution in [2.24, 2.45) is 0 Å². The van der Waals surface area contributed by atoms with Crippen LogP contribution in [0.1, 0.15) is 31.3 Å². The van der Waals surface area contributed by atoms with Crippen molar-refractivity contribution >= 4 is 11.2 Å². The lowest BCUT2D eigenvalue weighted by molar-refractivity contribution is 0.806. The Morgan fingerprint density at radius 3 is 2.81 bits per heavy atom. The Morgan fingerprint density at radius 2 is 2.19 bits per heavy atom. The SMILES string of the molecule is Cc1nc(C(C)C)c2ncn(CC#N)c2n1. The van der Waals surface area contributed by atoms with Crippen molar-refractivity contribution in [2.75, 3.05) is 0 Å². The highest BCUT2D eigenvalue weighted by molar-refractivity contribution is 5.74. The molecule has 0 aliphatic rings. The van der Waals surface area contributed by atoms with E-state index < -0.39 is 0 Å². The van der Waals surface area contributed by atoms with Crippen molar-refractivity contribution in [2.45, 2.75) is 33.2 Å². The third-order valence-corrected chi connectivity index (χ3v) is 2.39. The molecule has 0 spiro atoms. The van der Waals surface area contributed by atoms with Crippen LogP contribution in [0.3, 0.4) is 0 Å². The standard InChI is InChI=1S/C11H13N5/c1-7(2)9-10-11(15-8(3)14-9)16(5-4-12)6-13-10/h6-7H,5H2,1-3H3. The second kappa shape index (κ2) is 3.89. The lowest BCUT2D eigenvalue weighted by atomic mass is 10.1. The Kier molecular flexibility index (Phi) is 2.57. The number of imidazole rings is 1. The molecule has 0 aliphatic heterocycles. The van der Waals surface area contributed by atoms with E-state index in [-0.39, 0.29) is 6.54 Å². The lowest BCUT2D eigenvalue weighted by Crippen LogP contribution is -2.02. The molecule has 0 radical (unpaired) electrons. The third kappa shape index (κ3) is 1.63. The van der Waals surface area contributed by atoms with Crippen LogP contribution in [0.5, 0.6) is 0 Å². The van der Waals surface area contributed by atoms with Gasteiger partial charge in [0.05, 0.1) is 18.1 Å². The maximum Gasteiger partial charge on any atom is 0.164 e. The summed E-state index contributed by atoms with van der Waals surface area (Å²) in [6.45, 7) is 6.27. The van der Waals surface area contributed by atoms with E-state index in [0.717, 1.165) is 22.7 Å². The van der Waals surface area contributed by atoms with E-state index in [0.29, 0.717) is 5.92 Å². The van der Waals surface area contributed by atoms with Crippen molar-refractivity contribution in [3.63, 3.8) is 0 Å². The van der Waals surface area contributed by atoms with E-state index in [1.807, 2.05) is 6.92 Å². The van der Waals surface area contributed by atoms with Gasteiger partial charge in [-0.3, -0.25) is 0 Å². The van der Waals surface area contributed by atoms with Gasteiger partial charge in [-0.05, 0) is 12.8 Å². The van der Waals surface area contributed by atoms with Gasteiger partial charge in [-0.2, -0.15) is 5.26 Å². The molecule has 0 aromatic carbocycles. The van der Waals surface area contributed by atoms with Gasteiger partial charge in [0.15, 0.2) is 5.65 Å². The minimum atomic E-state index is 0.268. The van der Waals surface area contributed by atoms with Crippen LogP contribution in [0, 0.1) is 18.3 Å². The topological polar surface area (TPSA) is 67.4 Å². The van der Waals surface area contributed by atoms with Crippen LogP contribution >= 0.6 is 0 Å². The molecule has 0 unspecified atom stereocenters. The number of aryl methyl sites for hydroxylation is 1. The van der Waals surface area contributed by atoms with Crippen LogP contribution in [0.25, 0.3) is 11.2 Å². The van der Waals surface area contributed by atoms with Crippen LogP contribution in [0.15, 0.2) is 6.33 Å². The minimum Gasteiger partial charge on any atom is -0.301 e. The Labute approximate surface area is 93.8 Å². The number of rotatable bonds is 2. The molecule has 2 aromatic rings. The monoisotopic (exact) mass is 215 g/mol. The van der Waals surface area contributed by atoms with Crippen LogP contribution in [-0.2, 0) is 6.54 Å².